The van der Waals surface area contributed by atoms with Crippen molar-refractivity contribution < 1.29 is 4.79 Å². The molecule has 1 amide bonds. The molecule has 2 aromatic rings. The average molecular weight is 272 g/mol. The molecule has 0 saturated carbocycles. The summed E-state index contributed by atoms with van der Waals surface area (Å²) in [5, 5.41) is 0.988. The van der Waals surface area contributed by atoms with Crippen LogP contribution >= 0.6 is 0 Å². The molecule has 2 rings (SSSR count). The van der Waals surface area contributed by atoms with E-state index in [2.05, 4.69) is 4.98 Å². The third-order valence-electron chi connectivity index (χ3n) is 3.34. The van der Waals surface area contributed by atoms with Crippen molar-refractivity contribution in [3.63, 3.8) is 0 Å². The van der Waals surface area contributed by atoms with Crippen LogP contribution in [0.2, 0.25) is 0 Å². The standard InChI is InChI=1S/C16H20N2O2/c1-3-9-18(15(19)4-2)11-13-10-12-7-5-6-8-14(12)17-16(13)20/h5-8,10H,3-4,9,11H2,1-2H3,(H,17,20). The summed E-state index contributed by atoms with van der Waals surface area (Å²) in [4.78, 5) is 28.6. The molecule has 20 heavy (non-hydrogen) atoms. The number of carbonyl (C=O) groups excluding carboxylic acids is 1. The van der Waals surface area contributed by atoms with Crippen molar-refractivity contribution in [3.8, 4) is 0 Å². The lowest BCUT2D eigenvalue weighted by Gasteiger charge is -2.21. The van der Waals surface area contributed by atoms with Crippen LogP contribution in [0.5, 0.6) is 0 Å². The minimum atomic E-state index is -0.117. The number of fused-ring (bicyclic) bond motifs is 1. The van der Waals surface area contributed by atoms with Gasteiger partial charge in [0.1, 0.15) is 0 Å². The monoisotopic (exact) mass is 272 g/mol. The van der Waals surface area contributed by atoms with E-state index < -0.39 is 0 Å². The Morgan fingerprint density at radius 2 is 2.00 bits per heavy atom. The van der Waals surface area contributed by atoms with Crippen LogP contribution in [-0.2, 0) is 11.3 Å². The Hall–Kier alpha value is -2.10. The molecule has 0 saturated heterocycles. The van der Waals surface area contributed by atoms with E-state index >= 15 is 0 Å². The molecule has 0 aliphatic rings. The Morgan fingerprint density at radius 3 is 2.70 bits per heavy atom. The van der Waals surface area contributed by atoms with Crippen molar-refractivity contribution >= 4 is 16.8 Å². The molecular weight excluding hydrogens is 252 g/mol. The zero-order valence-electron chi connectivity index (χ0n) is 12.0. The molecular formula is C16H20N2O2. The van der Waals surface area contributed by atoms with Crippen LogP contribution in [0, 0.1) is 0 Å². The zero-order chi connectivity index (χ0) is 14.5. The Balaban J connectivity index is 2.34. The molecule has 0 bridgehead atoms. The predicted molar refractivity (Wildman–Crippen MR) is 80.6 cm³/mol. The van der Waals surface area contributed by atoms with Gasteiger partial charge in [0, 0.05) is 24.0 Å². The van der Waals surface area contributed by atoms with E-state index in [0.29, 0.717) is 25.1 Å². The Morgan fingerprint density at radius 1 is 1.25 bits per heavy atom. The highest BCUT2D eigenvalue weighted by atomic mass is 16.2. The van der Waals surface area contributed by atoms with Crippen molar-refractivity contribution in [2.75, 3.05) is 6.54 Å². The predicted octanol–water partition coefficient (Wildman–Crippen LogP) is 2.68. The molecule has 0 atom stereocenters. The second kappa shape index (κ2) is 6.37. The zero-order valence-corrected chi connectivity index (χ0v) is 12.0. The summed E-state index contributed by atoms with van der Waals surface area (Å²) in [6.07, 6.45) is 1.35. The fraction of sp³-hybridized carbons (Fsp3) is 0.375. The van der Waals surface area contributed by atoms with Crippen molar-refractivity contribution in [3.05, 3.63) is 46.2 Å². The van der Waals surface area contributed by atoms with Gasteiger partial charge in [-0.25, -0.2) is 0 Å². The summed E-state index contributed by atoms with van der Waals surface area (Å²) < 4.78 is 0. The lowest BCUT2D eigenvalue weighted by Crippen LogP contribution is -2.32. The smallest absolute Gasteiger partial charge is 0.253 e. The number of H-pyrrole nitrogens is 1. The highest BCUT2D eigenvalue weighted by molar-refractivity contribution is 5.79. The van der Waals surface area contributed by atoms with Crippen LogP contribution in [0.25, 0.3) is 10.9 Å². The van der Waals surface area contributed by atoms with Crippen LogP contribution < -0.4 is 5.56 Å². The van der Waals surface area contributed by atoms with Crippen LogP contribution in [0.1, 0.15) is 32.3 Å². The fourth-order valence-corrected chi connectivity index (χ4v) is 2.30. The van der Waals surface area contributed by atoms with Crippen molar-refractivity contribution in [1.29, 1.82) is 0 Å². The molecule has 1 aromatic carbocycles. The molecule has 0 aliphatic heterocycles. The quantitative estimate of drug-likeness (QED) is 0.909. The Labute approximate surface area is 118 Å². The summed E-state index contributed by atoms with van der Waals surface area (Å²) >= 11 is 0. The summed E-state index contributed by atoms with van der Waals surface area (Å²) in [5.41, 5.74) is 1.35. The fourth-order valence-electron chi connectivity index (χ4n) is 2.30. The lowest BCUT2D eigenvalue weighted by molar-refractivity contribution is -0.131. The van der Waals surface area contributed by atoms with E-state index in [-0.39, 0.29) is 11.5 Å². The summed E-state index contributed by atoms with van der Waals surface area (Å²) in [6.45, 7) is 4.93. The van der Waals surface area contributed by atoms with Crippen molar-refractivity contribution in [2.45, 2.75) is 33.2 Å². The first kappa shape index (κ1) is 14.3. The largest absolute Gasteiger partial charge is 0.338 e. The first-order chi connectivity index (χ1) is 9.65. The number of aromatic amines is 1. The Kier molecular flexibility index (Phi) is 4.56. The van der Waals surface area contributed by atoms with Gasteiger partial charge in [0.05, 0.1) is 6.54 Å². The first-order valence-corrected chi connectivity index (χ1v) is 7.04. The van der Waals surface area contributed by atoms with Gasteiger partial charge in [0.2, 0.25) is 5.91 Å². The Bertz CT molecular complexity index is 661. The van der Waals surface area contributed by atoms with Gasteiger partial charge in [-0.3, -0.25) is 9.59 Å². The number of aromatic nitrogens is 1. The molecule has 0 fully saturated rings. The van der Waals surface area contributed by atoms with E-state index in [1.807, 2.05) is 44.2 Å². The van der Waals surface area contributed by atoms with Gasteiger partial charge in [-0.2, -0.15) is 0 Å². The van der Waals surface area contributed by atoms with Crippen molar-refractivity contribution in [2.24, 2.45) is 0 Å². The molecule has 0 radical (unpaired) electrons. The van der Waals surface area contributed by atoms with E-state index in [1.54, 1.807) is 4.90 Å². The topological polar surface area (TPSA) is 53.2 Å². The van der Waals surface area contributed by atoms with E-state index in [9.17, 15) is 9.59 Å². The highest BCUT2D eigenvalue weighted by Crippen LogP contribution is 2.12. The number of nitrogens with one attached hydrogen (secondary N) is 1. The van der Waals surface area contributed by atoms with Crippen LogP contribution in [0.3, 0.4) is 0 Å². The second-order valence-corrected chi connectivity index (χ2v) is 4.88. The molecule has 4 nitrogen and oxygen atoms in total. The molecule has 1 N–H and O–H groups in total. The number of nitrogens with zero attached hydrogens (tertiary/aromatic N) is 1. The second-order valence-electron chi connectivity index (χ2n) is 4.88. The summed E-state index contributed by atoms with van der Waals surface area (Å²) in [5.74, 6) is 0.0828. The maximum absolute atomic E-state index is 12.1. The molecule has 106 valence electrons. The maximum Gasteiger partial charge on any atom is 0.253 e. The van der Waals surface area contributed by atoms with Crippen LogP contribution in [0.15, 0.2) is 35.1 Å². The molecule has 0 spiro atoms. The maximum atomic E-state index is 12.1. The van der Waals surface area contributed by atoms with Crippen LogP contribution in [-0.4, -0.2) is 22.3 Å². The number of para-hydroxylation sites is 1. The third-order valence-corrected chi connectivity index (χ3v) is 3.34. The number of carbonyl (C=O) groups is 1. The van der Waals surface area contributed by atoms with Crippen LogP contribution in [0.4, 0.5) is 0 Å². The molecule has 0 unspecified atom stereocenters. The lowest BCUT2D eigenvalue weighted by atomic mass is 10.1. The van der Waals surface area contributed by atoms with E-state index in [1.165, 1.54) is 0 Å². The molecule has 1 aromatic heterocycles. The number of amides is 1. The number of hydrogen-bond donors (Lipinski definition) is 1. The van der Waals surface area contributed by atoms with Gasteiger partial charge in [-0.1, -0.05) is 32.0 Å². The van der Waals surface area contributed by atoms with Gasteiger partial charge in [-0.05, 0) is 23.9 Å². The van der Waals surface area contributed by atoms with Gasteiger partial charge in [0.25, 0.3) is 5.56 Å². The molecule has 1 heterocycles. The SMILES string of the molecule is CCCN(Cc1cc2ccccc2[nH]c1=O)C(=O)CC. The normalized spacial score (nSPS) is 10.7. The highest BCUT2D eigenvalue weighted by Gasteiger charge is 2.13. The molecule has 0 aliphatic carbocycles. The van der Waals surface area contributed by atoms with E-state index in [4.69, 9.17) is 0 Å². The van der Waals surface area contributed by atoms with Crippen molar-refractivity contribution in [1.82, 2.24) is 9.88 Å². The number of benzene rings is 1. The van der Waals surface area contributed by atoms with Gasteiger partial charge >= 0.3 is 0 Å². The number of pyridine rings is 1. The average Bonchev–Trinajstić information content (AvgIpc) is 2.46. The first-order valence-electron chi connectivity index (χ1n) is 7.04. The minimum Gasteiger partial charge on any atom is -0.338 e. The third kappa shape index (κ3) is 3.07. The molecule has 4 heteroatoms. The summed E-state index contributed by atoms with van der Waals surface area (Å²) in [6, 6.07) is 9.54. The minimum absolute atomic E-state index is 0.0828. The van der Waals surface area contributed by atoms with Gasteiger partial charge in [-0.15, -0.1) is 0 Å². The van der Waals surface area contributed by atoms with Gasteiger partial charge < -0.3 is 9.88 Å². The number of rotatable bonds is 5. The summed E-state index contributed by atoms with van der Waals surface area (Å²) in [7, 11) is 0. The number of hydrogen-bond acceptors (Lipinski definition) is 2. The van der Waals surface area contributed by atoms with Gasteiger partial charge in [0.15, 0.2) is 0 Å². The van der Waals surface area contributed by atoms with E-state index in [0.717, 1.165) is 17.3 Å².